The summed E-state index contributed by atoms with van der Waals surface area (Å²) in [6, 6.07) is 7.15. The summed E-state index contributed by atoms with van der Waals surface area (Å²) in [5, 5.41) is 3.25. The van der Waals surface area contributed by atoms with Gasteiger partial charge >= 0.3 is 0 Å². The van der Waals surface area contributed by atoms with E-state index in [0.717, 1.165) is 11.8 Å². The van der Waals surface area contributed by atoms with Gasteiger partial charge in [-0.3, -0.25) is 0 Å². The number of methoxy groups -OCH3 is 1. The van der Waals surface area contributed by atoms with Crippen LogP contribution < -0.4 is 5.32 Å². The van der Waals surface area contributed by atoms with E-state index in [1.165, 1.54) is 12.1 Å². The Bertz CT molecular complexity index is 583. The van der Waals surface area contributed by atoms with Crippen LogP contribution >= 0.6 is 0 Å². The van der Waals surface area contributed by atoms with Crippen molar-refractivity contribution >= 4 is 0 Å². The van der Waals surface area contributed by atoms with Gasteiger partial charge in [-0.15, -0.1) is 0 Å². The van der Waals surface area contributed by atoms with Gasteiger partial charge in [0, 0.05) is 13.2 Å². The fraction of sp³-hybridized carbons (Fsp3) is 0.375. The molecule has 1 aromatic carbocycles. The van der Waals surface area contributed by atoms with Gasteiger partial charge < -0.3 is 14.5 Å². The molecule has 3 nitrogen and oxygen atoms in total. The molecule has 0 saturated heterocycles. The Morgan fingerprint density at radius 2 is 2.05 bits per heavy atom. The van der Waals surface area contributed by atoms with E-state index in [0.29, 0.717) is 30.9 Å². The van der Waals surface area contributed by atoms with E-state index in [-0.39, 0.29) is 6.04 Å². The van der Waals surface area contributed by atoms with Crippen molar-refractivity contribution in [1.29, 1.82) is 0 Å². The van der Waals surface area contributed by atoms with Crippen molar-refractivity contribution in [2.75, 3.05) is 13.7 Å². The maximum Gasteiger partial charge on any atom is 0.129 e. The molecular formula is C16H19F2NO2. The number of likely N-dealkylation sites (N-methyl/N-ethyl adjacent to an activating group) is 1. The van der Waals surface area contributed by atoms with Crippen molar-refractivity contribution < 1.29 is 17.9 Å². The van der Waals surface area contributed by atoms with Gasteiger partial charge in [0.2, 0.25) is 0 Å². The summed E-state index contributed by atoms with van der Waals surface area (Å²) in [6.07, 6.45) is 0.389. The largest absolute Gasteiger partial charge is 0.462 e. The number of hydrogen-bond donors (Lipinski definition) is 1. The maximum absolute atomic E-state index is 13.8. The van der Waals surface area contributed by atoms with Crippen LogP contribution in [0.25, 0.3) is 0 Å². The third-order valence-electron chi connectivity index (χ3n) is 3.20. The summed E-state index contributed by atoms with van der Waals surface area (Å²) < 4.78 is 37.4. The predicted octanol–water partition coefficient (Wildman–Crippen LogP) is 3.60. The van der Waals surface area contributed by atoms with Crippen molar-refractivity contribution in [3.63, 3.8) is 0 Å². The number of furan rings is 1. The molecule has 1 N–H and O–H groups in total. The summed E-state index contributed by atoms with van der Waals surface area (Å²) in [4.78, 5) is 0. The van der Waals surface area contributed by atoms with Crippen LogP contribution in [0.5, 0.6) is 0 Å². The first-order valence-corrected chi connectivity index (χ1v) is 6.89. The standard InChI is InChI=1S/C16H19F2NO2/c1-3-19-15(16-7-6-13(21-16)10-20-2)8-11-4-5-12(17)9-14(11)18/h4-7,9,15,19H,3,8,10H2,1-2H3. The van der Waals surface area contributed by atoms with E-state index in [9.17, 15) is 8.78 Å². The summed E-state index contributed by atoms with van der Waals surface area (Å²) in [6.45, 7) is 3.07. The Morgan fingerprint density at radius 3 is 2.71 bits per heavy atom. The van der Waals surface area contributed by atoms with Crippen LogP contribution in [-0.4, -0.2) is 13.7 Å². The fourth-order valence-electron chi connectivity index (χ4n) is 2.23. The van der Waals surface area contributed by atoms with Crippen LogP contribution in [-0.2, 0) is 17.8 Å². The zero-order valence-electron chi connectivity index (χ0n) is 12.2. The molecule has 2 rings (SSSR count). The van der Waals surface area contributed by atoms with Crippen molar-refractivity contribution in [3.8, 4) is 0 Å². The monoisotopic (exact) mass is 295 g/mol. The molecule has 1 aromatic heterocycles. The summed E-state index contributed by atoms with van der Waals surface area (Å²) in [5.41, 5.74) is 0.451. The summed E-state index contributed by atoms with van der Waals surface area (Å²) in [7, 11) is 1.60. The van der Waals surface area contributed by atoms with Crippen molar-refractivity contribution in [3.05, 3.63) is 59.1 Å². The quantitative estimate of drug-likeness (QED) is 0.847. The molecule has 2 aromatic rings. The van der Waals surface area contributed by atoms with E-state index in [2.05, 4.69) is 5.32 Å². The van der Waals surface area contributed by atoms with Crippen LogP contribution in [0.4, 0.5) is 8.78 Å². The first-order chi connectivity index (χ1) is 10.1. The second-order valence-electron chi connectivity index (χ2n) is 4.79. The molecule has 114 valence electrons. The second kappa shape index (κ2) is 7.33. The molecule has 0 saturated carbocycles. The normalized spacial score (nSPS) is 12.6. The highest BCUT2D eigenvalue weighted by Crippen LogP contribution is 2.23. The molecule has 5 heteroatoms. The topological polar surface area (TPSA) is 34.4 Å². The zero-order chi connectivity index (χ0) is 15.2. The van der Waals surface area contributed by atoms with Crippen LogP contribution in [0.15, 0.2) is 34.7 Å². The molecule has 0 aliphatic carbocycles. The van der Waals surface area contributed by atoms with Gasteiger partial charge in [0.25, 0.3) is 0 Å². The maximum atomic E-state index is 13.8. The van der Waals surface area contributed by atoms with Gasteiger partial charge in [-0.25, -0.2) is 8.78 Å². The van der Waals surface area contributed by atoms with Crippen molar-refractivity contribution in [2.24, 2.45) is 0 Å². The zero-order valence-corrected chi connectivity index (χ0v) is 12.2. The third kappa shape index (κ3) is 4.12. The van der Waals surface area contributed by atoms with E-state index in [1.54, 1.807) is 7.11 Å². The molecule has 0 bridgehead atoms. The smallest absolute Gasteiger partial charge is 0.129 e. The third-order valence-corrected chi connectivity index (χ3v) is 3.20. The van der Waals surface area contributed by atoms with Crippen molar-refractivity contribution in [1.82, 2.24) is 5.32 Å². The molecular weight excluding hydrogens is 276 g/mol. The Hall–Kier alpha value is -1.72. The number of ether oxygens (including phenoxy) is 1. The number of nitrogens with one attached hydrogen (secondary N) is 1. The Kier molecular flexibility index (Phi) is 5.47. The summed E-state index contributed by atoms with van der Waals surface area (Å²) >= 11 is 0. The minimum absolute atomic E-state index is 0.166. The van der Waals surface area contributed by atoms with Crippen LogP contribution in [0.3, 0.4) is 0 Å². The lowest BCUT2D eigenvalue weighted by molar-refractivity contribution is 0.161. The molecule has 0 aliphatic heterocycles. The Labute approximate surface area is 122 Å². The van der Waals surface area contributed by atoms with Gasteiger partial charge in [-0.05, 0) is 36.7 Å². The van der Waals surface area contributed by atoms with Gasteiger partial charge in [0.1, 0.15) is 29.8 Å². The molecule has 0 amide bonds. The lowest BCUT2D eigenvalue weighted by Gasteiger charge is -2.16. The molecule has 0 spiro atoms. The molecule has 0 fully saturated rings. The number of rotatable bonds is 7. The Morgan fingerprint density at radius 1 is 1.24 bits per heavy atom. The van der Waals surface area contributed by atoms with Crippen LogP contribution in [0.1, 0.15) is 30.0 Å². The van der Waals surface area contributed by atoms with Gasteiger partial charge in [-0.2, -0.15) is 0 Å². The minimum Gasteiger partial charge on any atom is -0.462 e. The first-order valence-electron chi connectivity index (χ1n) is 6.89. The lowest BCUT2D eigenvalue weighted by atomic mass is 10.0. The molecule has 21 heavy (non-hydrogen) atoms. The van der Waals surface area contributed by atoms with E-state index < -0.39 is 11.6 Å². The highest BCUT2D eigenvalue weighted by Gasteiger charge is 2.17. The fourth-order valence-corrected chi connectivity index (χ4v) is 2.23. The SMILES string of the molecule is CCNC(Cc1ccc(F)cc1F)c1ccc(COC)o1. The van der Waals surface area contributed by atoms with Crippen molar-refractivity contribution in [2.45, 2.75) is 26.0 Å². The van der Waals surface area contributed by atoms with E-state index in [1.807, 2.05) is 19.1 Å². The highest BCUT2D eigenvalue weighted by atomic mass is 19.1. The molecule has 0 radical (unpaired) electrons. The van der Waals surface area contributed by atoms with Gasteiger partial charge in [0.15, 0.2) is 0 Å². The molecule has 1 heterocycles. The number of benzene rings is 1. The van der Waals surface area contributed by atoms with Gasteiger partial charge in [0.05, 0.1) is 6.04 Å². The average Bonchev–Trinajstić information content (AvgIpc) is 2.90. The summed E-state index contributed by atoms with van der Waals surface area (Å²) in [5.74, 6) is 0.320. The van der Waals surface area contributed by atoms with Gasteiger partial charge in [-0.1, -0.05) is 13.0 Å². The lowest BCUT2D eigenvalue weighted by Crippen LogP contribution is -2.23. The highest BCUT2D eigenvalue weighted by molar-refractivity contribution is 5.22. The average molecular weight is 295 g/mol. The number of halogens is 2. The molecule has 0 aliphatic rings. The number of hydrogen-bond acceptors (Lipinski definition) is 3. The first kappa shape index (κ1) is 15.7. The second-order valence-corrected chi connectivity index (χ2v) is 4.79. The van der Waals surface area contributed by atoms with E-state index >= 15 is 0 Å². The molecule has 1 unspecified atom stereocenters. The van der Waals surface area contributed by atoms with Crippen LogP contribution in [0, 0.1) is 11.6 Å². The minimum atomic E-state index is -0.573. The van der Waals surface area contributed by atoms with E-state index in [4.69, 9.17) is 9.15 Å². The predicted molar refractivity (Wildman–Crippen MR) is 75.9 cm³/mol. The Balaban J connectivity index is 2.17. The van der Waals surface area contributed by atoms with Crippen LogP contribution in [0.2, 0.25) is 0 Å². The molecule has 1 atom stereocenters.